The molecule has 1 aromatic carbocycles. The summed E-state index contributed by atoms with van der Waals surface area (Å²) in [6.07, 6.45) is 0.641. The number of thiophene rings is 1. The van der Waals surface area contributed by atoms with Gasteiger partial charge in [0.25, 0.3) is 0 Å². The minimum absolute atomic E-state index is 0.262. The smallest absolute Gasteiger partial charge is 0.190 e. The first-order chi connectivity index (χ1) is 8.70. The molecule has 1 nitrogen and oxygen atoms in total. The first-order valence-electron chi connectivity index (χ1n) is 5.38. The average molecular weight is 333 g/mol. The van der Waals surface area contributed by atoms with Crippen LogP contribution in [0.3, 0.4) is 0 Å². The SMILES string of the molecule is Fc1cc(CBr)cc(F)c1OCCc1ccsc1. The summed E-state index contributed by atoms with van der Waals surface area (Å²) < 4.78 is 32.3. The minimum atomic E-state index is -0.658. The van der Waals surface area contributed by atoms with Gasteiger partial charge in [0.2, 0.25) is 0 Å². The maximum atomic E-state index is 13.6. The van der Waals surface area contributed by atoms with E-state index in [0.717, 1.165) is 5.56 Å². The molecule has 0 N–H and O–H groups in total. The Morgan fingerprint density at radius 1 is 1.17 bits per heavy atom. The summed E-state index contributed by atoms with van der Waals surface area (Å²) in [7, 11) is 0. The highest BCUT2D eigenvalue weighted by atomic mass is 79.9. The monoisotopic (exact) mass is 332 g/mol. The van der Waals surface area contributed by atoms with E-state index >= 15 is 0 Å². The van der Waals surface area contributed by atoms with Crippen molar-refractivity contribution >= 4 is 27.3 Å². The summed E-state index contributed by atoms with van der Waals surface area (Å²) in [5.41, 5.74) is 1.66. The van der Waals surface area contributed by atoms with Crippen LogP contribution >= 0.6 is 27.3 Å². The molecule has 0 bridgehead atoms. The number of hydrogen-bond donors (Lipinski definition) is 0. The Labute approximate surface area is 117 Å². The third kappa shape index (κ3) is 3.29. The first kappa shape index (κ1) is 13.5. The fraction of sp³-hybridized carbons (Fsp3) is 0.231. The Kier molecular flexibility index (Phi) is 4.72. The highest BCUT2D eigenvalue weighted by Gasteiger charge is 2.12. The number of rotatable bonds is 5. The Morgan fingerprint density at radius 2 is 1.89 bits per heavy atom. The largest absolute Gasteiger partial charge is 0.487 e. The molecule has 0 fully saturated rings. The van der Waals surface area contributed by atoms with Crippen molar-refractivity contribution in [1.82, 2.24) is 0 Å². The second-order valence-electron chi connectivity index (χ2n) is 3.75. The van der Waals surface area contributed by atoms with E-state index in [0.29, 0.717) is 17.3 Å². The molecule has 0 aliphatic carbocycles. The molecule has 0 spiro atoms. The van der Waals surface area contributed by atoms with Crippen LogP contribution in [-0.4, -0.2) is 6.61 Å². The molecule has 2 rings (SSSR count). The van der Waals surface area contributed by atoms with Crippen molar-refractivity contribution in [2.75, 3.05) is 6.61 Å². The third-order valence-corrected chi connectivity index (χ3v) is 3.81. The summed E-state index contributed by atoms with van der Waals surface area (Å²) >= 11 is 4.74. The van der Waals surface area contributed by atoms with Gasteiger partial charge in [-0.05, 0) is 40.1 Å². The van der Waals surface area contributed by atoms with Crippen LogP contribution in [0.4, 0.5) is 8.78 Å². The molecule has 2 aromatic rings. The lowest BCUT2D eigenvalue weighted by atomic mass is 10.2. The van der Waals surface area contributed by atoms with E-state index < -0.39 is 11.6 Å². The number of alkyl halides is 1. The van der Waals surface area contributed by atoms with Crippen LogP contribution in [0.1, 0.15) is 11.1 Å². The van der Waals surface area contributed by atoms with Gasteiger partial charge in [-0.2, -0.15) is 11.3 Å². The maximum Gasteiger partial charge on any atom is 0.190 e. The number of hydrogen-bond acceptors (Lipinski definition) is 2. The Hall–Kier alpha value is -0.940. The zero-order valence-corrected chi connectivity index (χ0v) is 11.9. The van der Waals surface area contributed by atoms with Gasteiger partial charge >= 0.3 is 0 Å². The van der Waals surface area contributed by atoms with Crippen LogP contribution in [0.15, 0.2) is 29.0 Å². The van der Waals surface area contributed by atoms with Gasteiger partial charge in [-0.3, -0.25) is 0 Å². The van der Waals surface area contributed by atoms with Gasteiger partial charge in [0.1, 0.15) is 0 Å². The topological polar surface area (TPSA) is 9.23 Å². The van der Waals surface area contributed by atoms with Gasteiger partial charge < -0.3 is 4.74 Å². The van der Waals surface area contributed by atoms with Crippen LogP contribution in [0, 0.1) is 11.6 Å². The van der Waals surface area contributed by atoms with Gasteiger partial charge in [-0.1, -0.05) is 15.9 Å². The van der Waals surface area contributed by atoms with E-state index in [-0.39, 0.29) is 12.4 Å². The second-order valence-corrected chi connectivity index (χ2v) is 5.09. The van der Waals surface area contributed by atoms with E-state index in [9.17, 15) is 8.78 Å². The van der Waals surface area contributed by atoms with E-state index in [1.54, 1.807) is 11.3 Å². The molecule has 0 aliphatic heterocycles. The molecule has 0 atom stereocenters. The van der Waals surface area contributed by atoms with Crippen molar-refractivity contribution in [1.29, 1.82) is 0 Å². The Morgan fingerprint density at radius 3 is 2.44 bits per heavy atom. The van der Waals surface area contributed by atoms with Crippen molar-refractivity contribution in [3.63, 3.8) is 0 Å². The molecule has 0 saturated heterocycles. The minimum Gasteiger partial charge on any atom is -0.487 e. The second kappa shape index (κ2) is 6.29. The summed E-state index contributed by atoms with van der Waals surface area (Å²) in [4.78, 5) is 0. The summed E-state index contributed by atoms with van der Waals surface area (Å²) in [6, 6.07) is 4.52. The normalized spacial score (nSPS) is 10.6. The van der Waals surface area contributed by atoms with E-state index in [4.69, 9.17) is 4.74 Å². The van der Waals surface area contributed by atoms with Crippen molar-refractivity contribution in [3.8, 4) is 5.75 Å². The van der Waals surface area contributed by atoms with Crippen molar-refractivity contribution in [2.45, 2.75) is 11.8 Å². The first-order valence-corrected chi connectivity index (χ1v) is 7.45. The van der Waals surface area contributed by atoms with Gasteiger partial charge in [-0.15, -0.1) is 0 Å². The molecular weight excluding hydrogens is 322 g/mol. The zero-order chi connectivity index (χ0) is 13.0. The lowest BCUT2D eigenvalue weighted by Crippen LogP contribution is -2.04. The lowest BCUT2D eigenvalue weighted by Gasteiger charge is -2.09. The van der Waals surface area contributed by atoms with E-state index in [2.05, 4.69) is 15.9 Å². The summed E-state index contributed by atoms with van der Waals surface area (Å²) in [5.74, 6) is -1.61. The van der Waals surface area contributed by atoms with Crippen molar-refractivity contribution < 1.29 is 13.5 Å². The zero-order valence-electron chi connectivity index (χ0n) is 9.46. The molecule has 5 heteroatoms. The number of ether oxygens (including phenoxy) is 1. The highest BCUT2D eigenvalue weighted by Crippen LogP contribution is 2.24. The van der Waals surface area contributed by atoms with Crippen LogP contribution in [-0.2, 0) is 11.8 Å². The van der Waals surface area contributed by atoms with E-state index in [1.807, 2.05) is 16.8 Å². The van der Waals surface area contributed by atoms with Gasteiger partial charge in [0.05, 0.1) is 6.61 Å². The van der Waals surface area contributed by atoms with Crippen molar-refractivity contribution in [3.05, 3.63) is 51.7 Å². The Balaban J connectivity index is 2.01. The molecule has 0 aliphatic rings. The standard InChI is InChI=1S/C13H11BrF2OS/c14-7-10-5-11(15)13(12(16)6-10)17-3-1-9-2-4-18-8-9/h2,4-6,8H,1,3,7H2. The Bertz CT molecular complexity index is 491. The fourth-order valence-electron chi connectivity index (χ4n) is 1.53. The molecule has 0 unspecified atom stereocenters. The third-order valence-electron chi connectivity index (χ3n) is 2.43. The van der Waals surface area contributed by atoms with Gasteiger partial charge in [-0.25, -0.2) is 8.78 Å². The molecule has 1 heterocycles. The predicted molar refractivity (Wildman–Crippen MR) is 72.5 cm³/mol. The van der Waals surface area contributed by atoms with Gasteiger partial charge in [0, 0.05) is 11.8 Å². The predicted octanol–water partition coefficient (Wildman–Crippen LogP) is 4.54. The molecule has 0 amide bonds. The lowest BCUT2D eigenvalue weighted by molar-refractivity contribution is 0.288. The quantitative estimate of drug-likeness (QED) is 0.730. The molecule has 1 aromatic heterocycles. The fourth-order valence-corrected chi connectivity index (χ4v) is 2.56. The van der Waals surface area contributed by atoms with E-state index in [1.165, 1.54) is 12.1 Å². The maximum absolute atomic E-state index is 13.6. The van der Waals surface area contributed by atoms with Crippen molar-refractivity contribution in [2.24, 2.45) is 0 Å². The molecule has 0 radical (unpaired) electrons. The molecule has 18 heavy (non-hydrogen) atoms. The summed E-state index contributed by atoms with van der Waals surface area (Å²) in [6.45, 7) is 0.262. The van der Waals surface area contributed by atoms with Crippen LogP contribution in [0.25, 0.3) is 0 Å². The number of benzene rings is 1. The highest BCUT2D eigenvalue weighted by molar-refractivity contribution is 9.08. The molecular formula is C13H11BrF2OS. The number of halogens is 3. The van der Waals surface area contributed by atoms with Gasteiger partial charge in [0.15, 0.2) is 17.4 Å². The van der Waals surface area contributed by atoms with Crippen LogP contribution < -0.4 is 4.74 Å². The average Bonchev–Trinajstić information content (AvgIpc) is 2.85. The van der Waals surface area contributed by atoms with Crippen LogP contribution in [0.5, 0.6) is 5.75 Å². The summed E-state index contributed by atoms with van der Waals surface area (Å²) in [5, 5.41) is 4.36. The van der Waals surface area contributed by atoms with Crippen LogP contribution in [0.2, 0.25) is 0 Å². The molecule has 96 valence electrons. The molecule has 0 saturated carbocycles.